The van der Waals surface area contributed by atoms with Crippen molar-refractivity contribution in [3.05, 3.63) is 69.9 Å². The molecule has 19 heavy (non-hydrogen) atoms. The highest BCUT2D eigenvalue weighted by Gasteiger charge is 2.21. The topological polar surface area (TPSA) is 26.0 Å². The van der Waals surface area contributed by atoms with Gasteiger partial charge in [0.1, 0.15) is 5.82 Å². The summed E-state index contributed by atoms with van der Waals surface area (Å²) in [6, 6.07) is 14.7. The van der Waals surface area contributed by atoms with Crippen LogP contribution in [-0.2, 0) is 12.8 Å². The van der Waals surface area contributed by atoms with Gasteiger partial charge < -0.3 is 5.73 Å². The summed E-state index contributed by atoms with van der Waals surface area (Å²) in [5.41, 5.74) is 8.05. The van der Waals surface area contributed by atoms with Gasteiger partial charge in [0.25, 0.3) is 0 Å². The minimum absolute atomic E-state index is 0.214. The summed E-state index contributed by atoms with van der Waals surface area (Å²) in [7, 11) is 0. The second kappa shape index (κ2) is 5.85. The van der Waals surface area contributed by atoms with Crippen molar-refractivity contribution in [2.24, 2.45) is 5.73 Å². The third kappa shape index (κ3) is 4.15. The summed E-state index contributed by atoms with van der Waals surface area (Å²) in [4.78, 5) is 0. The molecule has 1 unspecified atom stereocenters. The van der Waals surface area contributed by atoms with E-state index in [0.29, 0.717) is 6.42 Å². The van der Waals surface area contributed by atoms with Gasteiger partial charge in [-0.1, -0.05) is 46.3 Å². The fourth-order valence-electron chi connectivity index (χ4n) is 2.25. The number of hydrogen-bond donors (Lipinski definition) is 1. The third-order valence-corrected chi connectivity index (χ3v) is 3.82. The molecule has 1 nitrogen and oxygen atoms in total. The van der Waals surface area contributed by atoms with Crippen LogP contribution in [0.3, 0.4) is 0 Å². The van der Waals surface area contributed by atoms with Gasteiger partial charge in [-0.3, -0.25) is 0 Å². The largest absolute Gasteiger partial charge is 0.325 e. The van der Waals surface area contributed by atoms with E-state index in [0.717, 1.165) is 16.5 Å². The zero-order valence-corrected chi connectivity index (χ0v) is 12.5. The van der Waals surface area contributed by atoms with E-state index in [4.69, 9.17) is 5.73 Å². The van der Waals surface area contributed by atoms with Crippen molar-refractivity contribution < 1.29 is 4.39 Å². The predicted molar refractivity (Wildman–Crippen MR) is 80.5 cm³/mol. The van der Waals surface area contributed by atoms with E-state index in [1.165, 1.54) is 11.6 Å². The molecule has 2 rings (SSSR count). The number of benzene rings is 2. The Morgan fingerprint density at radius 1 is 1.11 bits per heavy atom. The lowest BCUT2D eigenvalue weighted by Gasteiger charge is -2.25. The van der Waals surface area contributed by atoms with E-state index < -0.39 is 5.54 Å². The Morgan fingerprint density at radius 3 is 2.53 bits per heavy atom. The smallest absolute Gasteiger partial charge is 0.123 e. The Labute approximate surface area is 121 Å². The normalized spacial score (nSPS) is 14.1. The van der Waals surface area contributed by atoms with E-state index in [2.05, 4.69) is 22.0 Å². The first-order chi connectivity index (χ1) is 8.96. The number of halogens is 2. The number of hydrogen-bond acceptors (Lipinski definition) is 1. The number of nitrogens with two attached hydrogens (primary N) is 1. The summed E-state index contributed by atoms with van der Waals surface area (Å²) >= 11 is 3.53. The fourth-order valence-corrected chi connectivity index (χ4v) is 2.68. The summed E-state index contributed by atoms with van der Waals surface area (Å²) in [5, 5.41) is 0. The van der Waals surface area contributed by atoms with Crippen molar-refractivity contribution >= 4 is 15.9 Å². The van der Waals surface area contributed by atoms with Crippen molar-refractivity contribution in [3.63, 3.8) is 0 Å². The van der Waals surface area contributed by atoms with Crippen LogP contribution in [0.25, 0.3) is 0 Å². The molecular formula is C16H17BrFN. The van der Waals surface area contributed by atoms with Crippen LogP contribution in [0, 0.1) is 5.82 Å². The maximum Gasteiger partial charge on any atom is 0.123 e. The average Bonchev–Trinajstić information content (AvgIpc) is 2.31. The van der Waals surface area contributed by atoms with Gasteiger partial charge in [-0.2, -0.15) is 0 Å². The SMILES string of the molecule is CC(N)(Cc1cccc(F)c1)Cc1ccccc1Br. The lowest BCUT2D eigenvalue weighted by Crippen LogP contribution is -2.41. The quantitative estimate of drug-likeness (QED) is 0.901. The molecule has 2 N–H and O–H groups in total. The highest BCUT2D eigenvalue weighted by molar-refractivity contribution is 9.10. The minimum Gasteiger partial charge on any atom is -0.325 e. The molecule has 3 heteroatoms. The van der Waals surface area contributed by atoms with Crippen LogP contribution in [0.4, 0.5) is 4.39 Å². The molecule has 0 bridgehead atoms. The van der Waals surface area contributed by atoms with Gasteiger partial charge in [0.05, 0.1) is 0 Å². The van der Waals surface area contributed by atoms with Crippen molar-refractivity contribution in [1.82, 2.24) is 0 Å². The van der Waals surface area contributed by atoms with Crippen LogP contribution < -0.4 is 5.73 Å². The van der Waals surface area contributed by atoms with Gasteiger partial charge in [-0.05, 0) is 49.1 Å². The molecule has 0 aliphatic carbocycles. The van der Waals surface area contributed by atoms with Crippen LogP contribution in [0.1, 0.15) is 18.1 Å². The van der Waals surface area contributed by atoms with E-state index in [1.807, 2.05) is 31.2 Å². The summed E-state index contributed by atoms with van der Waals surface area (Å²) in [6.07, 6.45) is 1.39. The Balaban J connectivity index is 2.13. The molecule has 2 aromatic rings. The minimum atomic E-state index is -0.405. The first-order valence-electron chi connectivity index (χ1n) is 6.23. The van der Waals surface area contributed by atoms with E-state index in [1.54, 1.807) is 12.1 Å². The Bertz CT molecular complexity index is 566. The van der Waals surface area contributed by atoms with Crippen LogP contribution in [-0.4, -0.2) is 5.54 Å². The van der Waals surface area contributed by atoms with Crippen LogP contribution in [0.15, 0.2) is 53.0 Å². The molecule has 0 aromatic heterocycles. The van der Waals surface area contributed by atoms with Crippen LogP contribution in [0.5, 0.6) is 0 Å². The monoisotopic (exact) mass is 321 g/mol. The molecule has 0 aliphatic rings. The van der Waals surface area contributed by atoms with E-state index in [-0.39, 0.29) is 5.82 Å². The lowest BCUT2D eigenvalue weighted by atomic mass is 9.87. The summed E-state index contributed by atoms with van der Waals surface area (Å²) in [5.74, 6) is -0.214. The fraction of sp³-hybridized carbons (Fsp3) is 0.250. The summed E-state index contributed by atoms with van der Waals surface area (Å²) in [6.45, 7) is 2.00. The van der Waals surface area contributed by atoms with Crippen molar-refractivity contribution in [2.75, 3.05) is 0 Å². The summed E-state index contributed by atoms with van der Waals surface area (Å²) < 4.78 is 14.2. The standard InChI is InChI=1S/C16H17BrFN/c1-16(19,10-12-5-4-7-14(18)9-12)11-13-6-2-3-8-15(13)17/h2-9H,10-11,19H2,1H3. The van der Waals surface area contributed by atoms with Gasteiger partial charge in [-0.25, -0.2) is 4.39 Å². The highest BCUT2D eigenvalue weighted by atomic mass is 79.9. The van der Waals surface area contributed by atoms with Gasteiger partial charge in [0.15, 0.2) is 0 Å². The molecule has 0 fully saturated rings. The molecule has 0 spiro atoms. The van der Waals surface area contributed by atoms with Gasteiger partial charge >= 0.3 is 0 Å². The van der Waals surface area contributed by atoms with Crippen molar-refractivity contribution in [3.8, 4) is 0 Å². The van der Waals surface area contributed by atoms with Gasteiger partial charge in [-0.15, -0.1) is 0 Å². The average molecular weight is 322 g/mol. The zero-order chi connectivity index (χ0) is 13.9. The Morgan fingerprint density at radius 2 is 1.84 bits per heavy atom. The molecular weight excluding hydrogens is 305 g/mol. The first-order valence-corrected chi connectivity index (χ1v) is 7.02. The van der Waals surface area contributed by atoms with E-state index >= 15 is 0 Å². The zero-order valence-electron chi connectivity index (χ0n) is 10.9. The number of rotatable bonds is 4. The highest BCUT2D eigenvalue weighted by Crippen LogP contribution is 2.22. The van der Waals surface area contributed by atoms with Crippen molar-refractivity contribution in [2.45, 2.75) is 25.3 Å². The molecule has 0 saturated heterocycles. The molecule has 0 aliphatic heterocycles. The molecule has 0 saturated carbocycles. The molecule has 100 valence electrons. The molecule has 0 heterocycles. The van der Waals surface area contributed by atoms with Crippen LogP contribution in [0.2, 0.25) is 0 Å². The molecule has 2 aromatic carbocycles. The Kier molecular flexibility index (Phi) is 4.38. The van der Waals surface area contributed by atoms with Gasteiger partial charge in [0.2, 0.25) is 0 Å². The van der Waals surface area contributed by atoms with Crippen molar-refractivity contribution in [1.29, 1.82) is 0 Å². The predicted octanol–water partition coefficient (Wildman–Crippen LogP) is 4.09. The third-order valence-electron chi connectivity index (χ3n) is 3.05. The van der Waals surface area contributed by atoms with Gasteiger partial charge in [0, 0.05) is 10.0 Å². The molecule has 0 radical (unpaired) electrons. The van der Waals surface area contributed by atoms with E-state index in [9.17, 15) is 4.39 Å². The molecule has 1 atom stereocenters. The maximum absolute atomic E-state index is 13.2. The Hall–Kier alpha value is -1.19. The van der Waals surface area contributed by atoms with Crippen LogP contribution >= 0.6 is 15.9 Å². The first kappa shape index (κ1) is 14.2. The lowest BCUT2D eigenvalue weighted by molar-refractivity contribution is 0.461. The second-order valence-corrected chi connectivity index (χ2v) is 6.08. The molecule has 0 amide bonds. The second-order valence-electron chi connectivity index (χ2n) is 5.23. The maximum atomic E-state index is 13.2.